The highest BCUT2D eigenvalue weighted by molar-refractivity contribution is 5.66. The van der Waals surface area contributed by atoms with Gasteiger partial charge in [0.2, 0.25) is 35.7 Å². The molecule has 12 nitrogen and oxygen atoms in total. The molecule has 1 unspecified atom stereocenters. The van der Waals surface area contributed by atoms with Crippen LogP contribution in [0.1, 0.15) is 109 Å². The van der Waals surface area contributed by atoms with Gasteiger partial charge < -0.3 is 31.9 Å². The Morgan fingerprint density at radius 3 is 1.21 bits per heavy atom. The molecule has 4 aromatic carbocycles. The molecular formula is C51H72N12. The number of anilines is 10. The van der Waals surface area contributed by atoms with Crippen LogP contribution in [0.15, 0.2) is 98.1 Å². The molecular weight excluding hydrogens is 781 g/mol. The Kier molecular flexibility index (Phi) is 23.8. The molecule has 0 radical (unpaired) electrons. The Morgan fingerprint density at radius 2 is 0.857 bits per heavy atom. The fourth-order valence-electron chi connectivity index (χ4n) is 5.49. The molecule has 0 saturated heterocycles. The van der Waals surface area contributed by atoms with E-state index in [0.717, 1.165) is 69.1 Å². The molecule has 6 aromatic rings. The van der Waals surface area contributed by atoms with Crippen molar-refractivity contribution in [2.75, 3.05) is 38.4 Å². The van der Waals surface area contributed by atoms with Crippen LogP contribution in [0.2, 0.25) is 0 Å². The van der Waals surface area contributed by atoms with Crippen LogP contribution >= 0.6 is 0 Å². The van der Waals surface area contributed by atoms with E-state index in [-0.39, 0.29) is 6.04 Å². The van der Waals surface area contributed by atoms with E-state index in [1.165, 1.54) is 6.42 Å². The van der Waals surface area contributed by atoms with Crippen LogP contribution in [-0.4, -0.2) is 42.5 Å². The van der Waals surface area contributed by atoms with Crippen molar-refractivity contribution in [2.24, 2.45) is 0 Å². The molecule has 1 atom stereocenters. The second-order valence-electron chi connectivity index (χ2n) is 14.0. The van der Waals surface area contributed by atoms with Gasteiger partial charge in [0.05, 0.1) is 0 Å². The zero-order valence-corrected chi connectivity index (χ0v) is 40.0. The van der Waals surface area contributed by atoms with Crippen molar-refractivity contribution in [3.8, 4) is 0 Å². The largest absolute Gasteiger partial charge is 0.354 e. The third-order valence-electron chi connectivity index (χ3n) is 8.87. The smallest absolute Gasteiger partial charge is 0.233 e. The summed E-state index contributed by atoms with van der Waals surface area (Å²) in [5.41, 5.74) is 10.5. The summed E-state index contributed by atoms with van der Waals surface area (Å²) in [6.45, 7) is 35.0. The highest BCUT2D eigenvalue weighted by Crippen LogP contribution is 2.25. The standard InChI is InChI=1S/C23H28N6.C21H24N6.C3H8.2C2H6/c1-6-17(5)24-21-27-22(25-19-13-12-18(7-2)16(4)14-19)29-23(28-21)26-20-11-9-8-10-15(20)3;1-5-16-11-12-17(13-15(16)4)23-20-25-19(22-6-2)26-21(27-20)24-18-10-8-7-9-14(18)3;1-3-2;2*1-2/h7-14,17H,2,6H2,1,3-5H3,(H3,24,25,26,27,28,29);5,7-13H,1,6H2,2-4H3,(H3,22,23,24,25,26,27);3H2,1-2H3;2*1-2H3. The maximum atomic E-state index is 4.57. The number of aromatic nitrogens is 6. The molecule has 63 heavy (non-hydrogen) atoms. The Morgan fingerprint density at radius 1 is 0.492 bits per heavy atom. The lowest BCUT2D eigenvalue weighted by Gasteiger charge is -2.15. The zero-order chi connectivity index (χ0) is 46.7. The summed E-state index contributed by atoms with van der Waals surface area (Å²) in [5, 5.41) is 19.6. The van der Waals surface area contributed by atoms with E-state index in [1.54, 1.807) is 0 Å². The topological polar surface area (TPSA) is 150 Å². The van der Waals surface area contributed by atoms with E-state index < -0.39 is 0 Å². The number of hydrogen-bond acceptors (Lipinski definition) is 12. The minimum absolute atomic E-state index is 0.255. The zero-order valence-electron chi connectivity index (χ0n) is 40.0. The summed E-state index contributed by atoms with van der Waals surface area (Å²) in [6.07, 6.45) is 5.91. The van der Waals surface area contributed by atoms with Crippen LogP contribution in [0.5, 0.6) is 0 Å². The number of nitrogens with one attached hydrogen (secondary N) is 6. The lowest BCUT2D eigenvalue weighted by Crippen LogP contribution is -2.17. The Balaban J connectivity index is 0.000000380. The molecule has 0 fully saturated rings. The first-order chi connectivity index (χ1) is 30.5. The van der Waals surface area contributed by atoms with Crippen LogP contribution < -0.4 is 31.9 Å². The summed E-state index contributed by atoms with van der Waals surface area (Å²) in [7, 11) is 0. The molecule has 2 heterocycles. The summed E-state index contributed by atoms with van der Waals surface area (Å²) >= 11 is 0. The van der Waals surface area contributed by atoms with Crippen molar-refractivity contribution in [3.05, 3.63) is 131 Å². The number of nitrogens with zero attached hydrogens (tertiary/aromatic N) is 6. The van der Waals surface area contributed by atoms with Gasteiger partial charge in [0.25, 0.3) is 0 Å². The average molecular weight is 853 g/mol. The van der Waals surface area contributed by atoms with Gasteiger partial charge in [-0.3, -0.25) is 0 Å². The summed E-state index contributed by atoms with van der Waals surface area (Å²) in [6, 6.07) is 28.4. The number of rotatable bonds is 15. The van der Waals surface area contributed by atoms with Crippen molar-refractivity contribution >= 4 is 70.6 Å². The normalized spacial score (nSPS) is 10.2. The van der Waals surface area contributed by atoms with E-state index in [0.29, 0.717) is 35.7 Å². The van der Waals surface area contributed by atoms with E-state index in [4.69, 9.17) is 0 Å². The highest BCUT2D eigenvalue weighted by Gasteiger charge is 2.12. The minimum atomic E-state index is 0.255. The van der Waals surface area contributed by atoms with Gasteiger partial charge in [0, 0.05) is 35.3 Å². The van der Waals surface area contributed by atoms with Crippen LogP contribution in [0.3, 0.4) is 0 Å². The lowest BCUT2D eigenvalue weighted by atomic mass is 10.1. The molecule has 12 heteroatoms. The maximum absolute atomic E-state index is 4.57. The molecule has 0 bridgehead atoms. The van der Waals surface area contributed by atoms with Gasteiger partial charge in [0.15, 0.2) is 0 Å². The minimum Gasteiger partial charge on any atom is -0.354 e. The first-order valence-electron chi connectivity index (χ1n) is 22.2. The van der Waals surface area contributed by atoms with Crippen molar-refractivity contribution in [3.63, 3.8) is 0 Å². The van der Waals surface area contributed by atoms with Gasteiger partial charge in [-0.25, -0.2) is 0 Å². The molecule has 336 valence electrons. The van der Waals surface area contributed by atoms with Gasteiger partial charge in [-0.2, -0.15) is 29.9 Å². The maximum Gasteiger partial charge on any atom is 0.233 e. The second kappa shape index (κ2) is 28.7. The molecule has 0 aliphatic carbocycles. The first-order valence-corrected chi connectivity index (χ1v) is 22.2. The van der Waals surface area contributed by atoms with Crippen molar-refractivity contribution in [2.45, 2.75) is 109 Å². The van der Waals surface area contributed by atoms with Gasteiger partial charge in [-0.15, -0.1) is 0 Å². The number of aryl methyl sites for hydroxylation is 4. The summed E-state index contributed by atoms with van der Waals surface area (Å²) in [4.78, 5) is 27.1. The SMILES string of the molecule is C=Cc1ccc(Nc2nc(NCC)nc(Nc3ccccc3C)n2)cc1C.C=Cc1ccc(Nc2nc(Nc3ccccc3C)nc(NC(C)CC)n2)cc1C.CC.CC.CCC. The number of para-hydroxylation sites is 2. The van der Waals surface area contributed by atoms with Crippen molar-refractivity contribution < 1.29 is 0 Å². The van der Waals surface area contributed by atoms with Crippen molar-refractivity contribution in [1.29, 1.82) is 0 Å². The van der Waals surface area contributed by atoms with E-state index in [1.807, 2.05) is 146 Å². The van der Waals surface area contributed by atoms with E-state index in [9.17, 15) is 0 Å². The van der Waals surface area contributed by atoms with Gasteiger partial charge in [0.1, 0.15) is 0 Å². The van der Waals surface area contributed by atoms with Crippen LogP contribution in [-0.2, 0) is 0 Å². The van der Waals surface area contributed by atoms with Gasteiger partial charge >= 0.3 is 0 Å². The third kappa shape index (κ3) is 17.6. The summed E-state index contributed by atoms with van der Waals surface area (Å²) < 4.78 is 0. The average Bonchev–Trinajstić information content (AvgIpc) is 3.27. The fraction of sp³-hybridized carbons (Fsp3) is 0.333. The quantitative estimate of drug-likeness (QED) is 0.0584. The molecule has 6 rings (SSSR count). The third-order valence-corrected chi connectivity index (χ3v) is 8.87. The van der Waals surface area contributed by atoms with Crippen LogP contribution in [0, 0.1) is 27.7 Å². The predicted octanol–water partition coefficient (Wildman–Crippen LogP) is 14.3. The first kappa shape index (κ1) is 52.3. The molecule has 0 saturated carbocycles. The summed E-state index contributed by atoms with van der Waals surface area (Å²) in [5.74, 6) is 2.98. The van der Waals surface area contributed by atoms with Gasteiger partial charge in [-0.1, -0.05) is 129 Å². The molecule has 6 N–H and O–H groups in total. The predicted molar refractivity (Wildman–Crippen MR) is 274 cm³/mol. The number of benzene rings is 4. The van der Waals surface area contributed by atoms with Crippen LogP contribution in [0.4, 0.5) is 58.4 Å². The Hall–Kier alpha value is -6.82. The fourth-order valence-corrected chi connectivity index (χ4v) is 5.49. The molecule has 0 aliphatic rings. The van der Waals surface area contributed by atoms with Gasteiger partial charge in [-0.05, 0) is 118 Å². The molecule has 2 aromatic heterocycles. The van der Waals surface area contributed by atoms with Crippen LogP contribution in [0.25, 0.3) is 12.2 Å². The lowest BCUT2D eigenvalue weighted by molar-refractivity contribution is 0.751. The highest BCUT2D eigenvalue weighted by atomic mass is 15.3. The molecule has 0 amide bonds. The second-order valence-corrected chi connectivity index (χ2v) is 14.0. The monoisotopic (exact) mass is 853 g/mol. The molecule has 0 spiro atoms. The van der Waals surface area contributed by atoms with E-state index in [2.05, 4.69) is 116 Å². The molecule has 0 aliphatic heterocycles. The Bertz CT molecular complexity index is 2290. The van der Waals surface area contributed by atoms with E-state index >= 15 is 0 Å². The van der Waals surface area contributed by atoms with Crippen molar-refractivity contribution in [1.82, 2.24) is 29.9 Å². The Labute approximate surface area is 378 Å². The number of hydrogen-bond donors (Lipinski definition) is 6.